The predicted octanol–water partition coefficient (Wildman–Crippen LogP) is 2.19. The van der Waals surface area contributed by atoms with Crippen molar-refractivity contribution in [2.24, 2.45) is 7.05 Å². The van der Waals surface area contributed by atoms with Gasteiger partial charge in [-0.15, -0.1) is 11.3 Å². The van der Waals surface area contributed by atoms with Crippen LogP contribution < -0.4 is 0 Å². The fourth-order valence-corrected chi connectivity index (χ4v) is 2.68. The van der Waals surface area contributed by atoms with E-state index in [1.807, 2.05) is 41.5 Å². The third-order valence-corrected chi connectivity index (χ3v) is 3.62. The molecule has 86 valence electrons. The van der Waals surface area contributed by atoms with Gasteiger partial charge < -0.3 is 9.67 Å². The van der Waals surface area contributed by atoms with Gasteiger partial charge in [0.25, 0.3) is 0 Å². The van der Waals surface area contributed by atoms with E-state index < -0.39 is 0 Å². The van der Waals surface area contributed by atoms with Crippen LogP contribution in [0.25, 0.3) is 21.5 Å². The monoisotopic (exact) mass is 245 g/mol. The molecular formula is C12H11N3OS. The van der Waals surface area contributed by atoms with Crippen molar-refractivity contribution in [2.45, 2.75) is 6.61 Å². The highest BCUT2D eigenvalue weighted by Gasteiger charge is 2.10. The highest BCUT2D eigenvalue weighted by atomic mass is 32.1. The molecule has 0 unspecified atom stereocenters. The van der Waals surface area contributed by atoms with Gasteiger partial charge in [-0.1, -0.05) is 12.1 Å². The number of aryl methyl sites for hydroxylation is 1. The van der Waals surface area contributed by atoms with Crippen LogP contribution in [0.3, 0.4) is 0 Å². The molecule has 3 aromatic rings. The zero-order chi connectivity index (χ0) is 11.8. The Morgan fingerprint density at radius 3 is 3.06 bits per heavy atom. The normalized spacial score (nSPS) is 11.2. The molecule has 0 saturated heterocycles. The minimum atomic E-state index is -0.0465. The molecule has 0 amide bonds. The number of thiazole rings is 1. The van der Waals surface area contributed by atoms with E-state index in [9.17, 15) is 0 Å². The zero-order valence-electron chi connectivity index (χ0n) is 9.29. The number of benzene rings is 1. The molecular weight excluding hydrogens is 234 g/mol. The van der Waals surface area contributed by atoms with E-state index in [2.05, 4.69) is 9.97 Å². The van der Waals surface area contributed by atoms with Gasteiger partial charge >= 0.3 is 0 Å². The molecule has 0 atom stereocenters. The summed E-state index contributed by atoms with van der Waals surface area (Å²) in [7, 11) is 1.88. The Morgan fingerprint density at radius 2 is 2.29 bits per heavy atom. The SMILES string of the molecule is Cn1cc(-c2cccc3ncsc23)nc1CO. The largest absolute Gasteiger partial charge is 0.388 e. The van der Waals surface area contributed by atoms with Crippen LogP contribution in [0, 0.1) is 0 Å². The number of aliphatic hydroxyl groups is 1. The molecule has 0 bridgehead atoms. The second kappa shape index (κ2) is 3.94. The first-order chi connectivity index (χ1) is 8.29. The van der Waals surface area contributed by atoms with Crippen molar-refractivity contribution in [3.63, 3.8) is 0 Å². The van der Waals surface area contributed by atoms with Crippen molar-refractivity contribution in [1.29, 1.82) is 0 Å². The lowest BCUT2D eigenvalue weighted by Gasteiger charge is -1.97. The van der Waals surface area contributed by atoms with Crippen molar-refractivity contribution in [1.82, 2.24) is 14.5 Å². The van der Waals surface area contributed by atoms with Crippen LogP contribution in [-0.4, -0.2) is 19.6 Å². The summed E-state index contributed by atoms with van der Waals surface area (Å²) in [5.41, 5.74) is 4.78. The molecule has 1 aromatic carbocycles. The first-order valence-corrected chi connectivity index (χ1v) is 6.13. The number of nitrogens with zero attached hydrogens (tertiary/aromatic N) is 3. The third kappa shape index (κ3) is 1.64. The van der Waals surface area contributed by atoms with E-state index in [0.29, 0.717) is 5.82 Å². The van der Waals surface area contributed by atoms with Crippen LogP contribution in [0.15, 0.2) is 29.9 Å². The molecule has 2 heterocycles. The maximum Gasteiger partial charge on any atom is 0.134 e. The Kier molecular flexibility index (Phi) is 2.42. The lowest BCUT2D eigenvalue weighted by molar-refractivity contribution is 0.267. The van der Waals surface area contributed by atoms with Crippen molar-refractivity contribution in [3.05, 3.63) is 35.7 Å². The van der Waals surface area contributed by atoms with Gasteiger partial charge in [0.15, 0.2) is 0 Å². The molecule has 0 aliphatic heterocycles. The van der Waals surface area contributed by atoms with Gasteiger partial charge in [0.2, 0.25) is 0 Å². The summed E-state index contributed by atoms with van der Waals surface area (Å²) in [6.45, 7) is -0.0465. The molecule has 1 N–H and O–H groups in total. The summed E-state index contributed by atoms with van der Waals surface area (Å²) in [5.74, 6) is 0.668. The smallest absolute Gasteiger partial charge is 0.134 e. The van der Waals surface area contributed by atoms with E-state index in [4.69, 9.17) is 5.11 Å². The quantitative estimate of drug-likeness (QED) is 0.753. The minimum absolute atomic E-state index is 0.0465. The first-order valence-electron chi connectivity index (χ1n) is 5.25. The Morgan fingerprint density at radius 1 is 1.41 bits per heavy atom. The molecule has 0 saturated carbocycles. The van der Waals surface area contributed by atoms with E-state index in [0.717, 1.165) is 21.5 Å². The van der Waals surface area contributed by atoms with Gasteiger partial charge in [-0.25, -0.2) is 9.97 Å². The Labute approximate surface area is 102 Å². The summed E-state index contributed by atoms with van der Waals surface area (Å²) in [6.07, 6.45) is 1.93. The Balaban J connectivity index is 2.23. The van der Waals surface area contributed by atoms with E-state index in [-0.39, 0.29) is 6.61 Å². The lowest BCUT2D eigenvalue weighted by atomic mass is 10.1. The first kappa shape index (κ1) is 10.4. The number of rotatable bonds is 2. The standard InChI is InChI=1S/C12H11N3OS/c1-15-5-10(14-11(15)6-16)8-3-2-4-9-12(8)17-7-13-9/h2-5,7,16H,6H2,1H3. The number of hydrogen-bond acceptors (Lipinski definition) is 4. The van der Waals surface area contributed by atoms with Gasteiger partial charge in [-0.05, 0) is 6.07 Å². The van der Waals surface area contributed by atoms with Gasteiger partial charge in [0, 0.05) is 18.8 Å². The van der Waals surface area contributed by atoms with Crippen LogP contribution >= 0.6 is 11.3 Å². The number of hydrogen-bond donors (Lipinski definition) is 1. The lowest BCUT2D eigenvalue weighted by Crippen LogP contribution is -1.94. The number of aromatic nitrogens is 3. The topological polar surface area (TPSA) is 50.9 Å². The zero-order valence-corrected chi connectivity index (χ0v) is 10.1. The second-order valence-electron chi connectivity index (χ2n) is 3.82. The fourth-order valence-electron chi connectivity index (χ4n) is 1.87. The maximum atomic E-state index is 9.16. The van der Waals surface area contributed by atoms with Gasteiger partial charge in [0.1, 0.15) is 12.4 Å². The molecule has 0 spiro atoms. The van der Waals surface area contributed by atoms with Crippen molar-refractivity contribution in [2.75, 3.05) is 0 Å². The van der Waals surface area contributed by atoms with Crippen molar-refractivity contribution in [3.8, 4) is 11.3 Å². The van der Waals surface area contributed by atoms with Crippen molar-refractivity contribution < 1.29 is 5.11 Å². The summed E-state index contributed by atoms with van der Waals surface area (Å²) in [6, 6.07) is 6.00. The van der Waals surface area contributed by atoms with Crippen LogP contribution in [0.4, 0.5) is 0 Å². The van der Waals surface area contributed by atoms with Gasteiger partial charge in [-0.2, -0.15) is 0 Å². The molecule has 0 aliphatic carbocycles. The summed E-state index contributed by atoms with van der Waals surface area (Å²) < 4.78 is 2.98. The minimum Gasteiger partial charge on any atom is -0.388 e. The van der Waals surface area contributed by atoms with E-state index >= 15 is 0 Å². The Bertz CT molecular complexity index is 671. The molecule has 5 heteroatoms. The highest BCUT2D eigenvalue weighted by Crippen LogP contribution is 2.30. The maximum absolute atomic E-state index is 9.16. The van der Waals surface area contributed by atoms with E-state index in [1.165, 1.54) is 0 Å². The number of imidazole rings is 1. The fraction of sp³-hybridized carbons (Fsp3) is 0.167. The van der Waals surface area contributed by atoms with Crippen LogP contribution in [0.5, 0.6) is 0 Å². The summed E-state index contributed by atoms with van der Waals surface area (Å²) >= 11 is 1.61. The third-order valence-electron chi connectivity index (χ3n) is 2.75. The Hall–Kier alpha value is -1.72. The van der Waals surface area contributed by atoms with Crippen LogP contribution in [0.1, 0.15) is 5.82 Å². The average Bonchev–Trinajstić information content (AvgIpc) is 2.94. The van der Waals surface area contributed by atoms with Crippen LogP contribution in [-0.2, 0) is 13.7 Å². The molecule has 0 aliphatic rings. The van der Waals surface area contributed by atoms with Gasteiger partial charge in [0.05, 0.1) is 21.4 Å². The molecule has 17 heavy (non-hydrogen) atoms. The average molecular weight is 245 g/mol. The predicted molar refractivity (Wildman–Crippen MR) is 67.7 cm³/mol. The van der Waals surface area contributed by atoms with E-state index in [1.54, 1.807) is 11.3 Å². The number of aliphatic hydroxyl groups excluding tert-OH is 1. The molecule has 3 rings (SSSR count). The summed E-state index contributed by atoms with van der Waals surface area (Å²) in [5, 5.41) is 9.16. The summed E-state index contributed by atoms with van der Waals surface area (Å²) in [4.78, 5) is 8.71. The molecule has 0 radical (unpaired) electrons. The molecule has 2 aromatic heterocycles. The van der Waals surface area contributed by atoms with Gasteiger partial charge in [-0.3, -0.25) is 0 Å². The number of fused-ring (bicyclic) bond motifs is 1. The highest BCUT2D eigenvalue weighted by molar-refractivity contribution is 7.17. The molecule has 4 nitrogen and oxygen atoms in total. The van der Waals surface area contributed by atoms with Crippen LogP contribution in [0.2, 0.25) is 0 Å². The molecule has 0 fully saturated rings. The second-order valence-corrected chi connectivity index (χ2v) is 4.67. The van der Waals surface area contributed by atoms with Crippen molar-refractivity contribution >= 4 is 21.6 Å².